The Morgan fingerprint density at radius 3 is 2.38 bits per heavy atom. The number of halogens is 3. The van der Waals surface area contributed by atoms with Crippen LogP contribution >= 0.6 is 34.8 Å². The summed E-state index contributed by atoms with van der Waals surface area (Å²) in [7, 11) is 0. The molecule has 1 heterocycles. The van der Waals surface area contributed by atoms with Gasteiger partial charge >= 0.3 is 0 Å². The van der Waals surface area contributed by atoms with Gasteiger partial charge in [0.15, 0.2) is 6.10 Å². The minimum Gasteiger partial charge on any atom is -0.482 e. The molecule has 4 nitrogen and oxygen atoms in total. The van der Waals surface area contributed by atoms with Crippen LogP contribution in [0.3, 0.4) is 0 Å². The summed E-state index contributed by atoms with van der Waals surface area (Å²) in [4.78, 5) is 14.9. The molecule has 1 aromatic carbocycles. The van der Waals surface area contributed by atoms with E-state index in [4.69, 9.17) is 44.3 Å². The molecule has 2 rings (SSSR count). The average Bonchev–Trinajstić information content (AvgIpc) is 2.43. The van der Waals surface area contributed by atoms with Crippen LogP contribution in [0.2, 0.25) is 10.0 Å². The van der Waals surface area contributed by atoms with Gasteiger partial charge in [-0.2, -0.15) is 0 Å². The van der Waals surface area contributed by atoms with E-state index in [-0.39, 0.29) is 5.88 Å². The third kappa shape index (κ3) is 4.49. The van der Waals surface area contributed by atoms with Gasteiger partial charge in [0.2, 0.25) is 5.88 Å². The van der Waals surface area contributed by atoms with E-state index in [0.717, 1.165) is 0 Å². The highest BCUT2D eigenvalue weighted by Gasteiger charge is 2.11. The summed E-state index contributed by atoms with van der Waals surface area (Å²) in [6.07, 6.45) is 0.722. The molecular formula is C14H10Cl3NO3. The smallest absolute Gasteiger partial charge is 0.262 e. The second-order valence-electron chi connectivity index (χ2n) is 4.08. The van der Waals surface area contributed by atoms with Crippen molar-refractivity contribution < 1.29 is 14.3 Å². The maximum absolute atomic E-state index is 10.9. The number of rotatable bonds is 5. The molecule has 1 unspecified atom stereocenters. The van der Waals surface area contributed by atoms with E-state index in [1.807, 2.05) is 0 Å². The monoisotopic (exact) mass is 345 g/mol. The Morgan fingerprint density at radius 1 is 1.19 bits per heavy atom. The molecule has 21 heavy (non-hydrogen) atoms. The first-order chi connectivity index (χ1) is 9.95. The van der Waals surface area contributed by atoms with Gasteiger partial charge in [0.1, 0.15) is 16.5 Å². The van der Waals surface area contributed by atoms with Crippen molar-refractivity contribution in [2.45, 2.75) is 13.0 Å². The second kappa shape index (κ2) is 6.98. The number of nitrogens with zero attached hydrogens (tertiary/aromatic N) is 1. The van der Waals surface area contributed by atoms with E-state index in [9.17, 15) is 4.79 Å². The molecule has 0 bridgehead atoms. The third-order valence-electron chi connectivity index (χ3n) is 2.44. The van der Waals surface area contributed by atoms with Crippen molar-refractivity contribution >= 4 is 40.0 Å². The molecule has 1 atom stereocenters. The molecule has 0 saturated carbocycles. The third-order valence-corrected chi connectivity index (χ3v) is 3.23. The lowest BCUT2D eigenvalue weighted by Gasteiger charge is -2.11. The fourth-order valence-electron chi connectivity index (χ4n) is 1.43. The van der Waals surface area contributed by atoms with Crippen LogP contribution in [-0.2, 0) is 4.79 Å². The maximum atomic E-state index is 10.9. The highest BCUT2D eigenvalue weighted by Crippen LogP contribution is 2.30. The molecule has 0 amide bonds. The molecule has 0 spiro atoms. The summed E-state index contributed by atoms with van der Waals surface area (Å²) in [5.41, 5.74) is 0. The average molecular weight is 347 g/mol. The van der Waals surface area contributed by atoms with Crippen LogP contribution in [0.25, 0.3) is 0 Å². The van der Waals surface area contributed by atoms with Gasteiger partial charge in [-0.15, -0.1) is 0 Å². The molecule has 110 valence electrons. The summed E-state index contributed by atoms with van der Waals surface area (Å²) in [6.45, 7) is 1.57. The minimum absolute atomic E-state index is 0.249. The van der Waals surface area contributed by atoms with Crippen molar-refractivity contribution in [3.05, 3.63) is 46.6 Å². The fourth-order valence-corrected chi connectivity index (χ4v) is 1.89. The lowest BCUT2D eigenvalue weighted by atomic mass is 10.3. The van der Waals surface area contributed by atoms with E-state index in [0.29, 0.717) is 21.5 Å². The predicted octanol–water partition coefficient (Wildman–Crippen LogP) is 4.71. The minimum atomic E-state index is -0.717. The lowest BCUT2D eigenvalue weighted by molar-refractivity contribution is -0.117. The van der Waals surface area contributed by atoms with Crippen molar-refractivity contribution in [1.82, 2.24) is 4.98 Å². The van der Waals surface area contributed by atoms with Gasteiger partial charge in [0, 0.05) is 6.20 Å². The first kappa shape index (κ1) is 15.9. The number of aromatic nitrogens is 1. The zero-order valence-electron chi connectivity index (χ0n) is 10.8. The highest BCUT2D eigenvalue weighted by molar-refractivity contribution is 6.64. The molecule has 0 saturated heterocycles. The Bertz CT molecular complexity index is 646. The highest BCUT2D eigenvalue weighted by atomic mass is 35.5. The first-order valence-corrected chi connectivity index (χ1v) is 7.04. The molecule has 0 aliphatic rings. The zero-order chi connectivity index (χ0) is 15.4. The molecule has 0 N–H and O–H groups in total. The molecular weight excluding hydrogens is 337 g/mol. The molecule has 7 heteroatoms. The standard InChI is InChI=1S/C14H10Cl3NO3/c1-8(13(17)19)20-10-2-4-11(5-3-10)21-14-12(16)6-9(15)7-18-14/h2-8H,1H3. The van der Waals surface area contributed by atoms with Gasteiger partial charge in [0.25, 0.3) is 5.24 Å². The van der Waals surface area contributed by atoms with Gasteiger partial charge < -0.3 is 9.47 Å². The molecule has 0 radical (unpaired) electrons. The number of pyridine rings is 1. The van der Waals surface area contributed by atoms with E-state index < -0.39 is 11.3 Å². The number of ether oxygens (including phenoxy) is 2. The summed E-state index contributed by atoms with van der Waals surface area (Å²) < 4.78 is 10.8. The molecule has 0 aliphatic carbocycles. The number of hydrogen-bond donors (Lipinski definition) is 0. The number of hydrogen-bond acceptors (Lipinski definition) is 4. The van der Waals surface area contributed by atoms with E-state index in [2.05, 4.69) is 4.98 Å². The van der Waals surface area contributed by atoms with Crippen molar-refractivity contribution in [1.29, 1.82) is 0 Å². The summed E-state index contributed by atoms with van der Waals surface area (Å²) in [5, 5.41) is 0.174. The predicted molar refractivity (Wildman–Crippen MR) is 81.7 cm³/mol. The molecule has 1 aromatic heterocycles. The van der Waals surface area contributed by atoms with Crippen LogP contribution in [0.5, 0.6) is 17.4 Å². The van der Waals surface area contributed by atoms with Gasteiger partial charge in [-0.05, 0) is 48.9 Å². The van der Waals surface area contributed by atoms with Crippen LogP contribution in [-0.4, -0.2) is 16.3 Å². The fraction of sp³-hybridized carbons (Fsp3) is 0.143. The Kier molecular flexibility index (Phi) is 5.28. The lowest BCUT2D eigenvalue weighted by Crippen LogP contribution is -2.18. The van der Waals surface area contributed by atoms with Crippen LogP contribution in [0.1, 0.15) is 6.92 Å². The van der Waals surface area contributed by atoms with Crippen LogP contribution in [0.4, 0.5) is 0 Å². The Labute approximate surface area is 136 Å². The maximum Gasteiger partial charge on any atom is 0.262 e. The van der Waals surface area contributed by atoms with Gasteiger partial charge in [-0.1, -0.05) is 23.2 Å². The van der Waals surface area contributed by atoms with Crippen LogP contribution < -0.4 is 9.47 Å². The van der Waals surface area contributed by atoms with Gasteiger partial charge in [-0.25, -0.2) is 4.98 Å². The van der Waals surface area contributed by atoms with E-state index >= 15 is 0 Å². The Hall–Kier alpha value is -1.49. The quantitative estimate of drug-likeness (QED) is 0.735. The van der Waals surface area contributed by atoms with Gasteiger partial charge in [0.05, 0.1) is 5.02 Å². The van der Waals surface area contributed by atoms with Crippen molar-refractivity contribution in [2.75, 3.05) is 0 Å². The normalized spacial score (nSPS) is 11.8. The number of carbonyl (C=O) groups is 1. The second-order valence-corrected chi connectivity index (χ2v) is 5.29. The zero-order valence-corrected chi connectivity index (χ0v) is 13.1. The number of carbonyl (C=O) groups excluding carboxylic acids is 1. The van der Waals surface area contributed by atoms with Crippen LogP contribution in [0.15, 0.2) is 36.5 Å². The molecule has 0 aliphatic heterocycles. The first-order valence-electron chi connectivity index (χ1n) is 5.90. The topological polar surface area (TPSA) is 48.4 Å². The summed E-state index contributed by atoms with van der Waals surface area (Å²) >= 11 is 17.0. The Morgan fingerprint density at radius 2 is 1.81 bits per heavy atom. The summed E-state index contributed by atoms with van der Waals surface area (Å²) in [6, 6.07) is 8.16. The largest absolute Gasteiger partial charge is 0.482 e. The van der Waals surface area contributed by atoms with Crippen molar-refractivity contribution in [3.63, 3.8) is 0 Å². The SMILES string of the molecule is CC(Oc1ccc(Oc2ncc(Cl)cc2Cl)cc1)C(=O)Cl. The van der Waals surface area contributed by atoms with Crippen LogP contribution in [0, 0.1) is 0 Å². The van der Waals surface area contributed by atoms with E-state index in [1.54, 1.807) is 31.2 Å². The van der Waals surface area contributed by atoms with Gasteiger partial charge in [-0.3, -0.25) is 4.79 Å². The van der Waals surface area contributed by atoms with Crippen molar-refractivity contribution in [2.24, 2.45) is 0 Å². The molecule has 0 fully saturated rings. The van der Waals surface area contributed by atoms with Crippen molar-refractivity contribution in [3.8, 4) is 17.4 Å². The summed E-state index contributed by atoms with van der Waals surface area (Å²) in [5.74, 6) is 1.27. The number of benzene rings is 1. The molecule has 2 aromatic rings. The van der Waals surface area contributed by atoms with E-state index in [1.165, 1.54) is 12.3 Å². The Balaban J connectivity index is 2.07.